The van der Waals surface area contributed by atoms with Gasteiger partial charge in [0.2, 0.25) is 5.91 Å². The molecule has 1 aromatic heterocycles. The molecule has 1 saturated heterocycles. The number of carbonyl (C=O) groups excluding carboxylic acids is 2. The zero-order valence-corrected chi connectivity index (χ0v) is 15.0. The van der Waals surface area contributed by atoms with Gasteiger partial charge in [-0.05, 0) is 44.1 Å². The van der Waals surface area contributed by atoms with E-state index >= 15 is 0 Å². The summed E-state index contributed by atoms with van der Waals surface area (Å²) in [6.07, 6.45) is 7.47. The first-order valence-electron chi connectivity index (χ1n) is 8.97. The van der Waals surface area contributed by atoms with E-state index in [9.17, 15) is 9.59 Å². The molecule has 0 saturated carbocycles. The molecule has 1 aliphatic heterocycles. The number of piperidine rings is 1. The van der Waals surface area contributed by atoms with Gasteiger partial charge in [-0.15, -0.1) is 0 Å². The lowest BCUT2D eigenvalue weighted by atomic mass is 10.0. The lowest BCUT2D eigenvalue weighted by molar-refractivity contribution is -0.116. The predicted octanol–water partition coefficient (Wildman–Crippen LogP) is 1.74. The van der Waals surface area contributed by atoms with E-state index in [0.29, 0.717) is 24.2 Å². The first-order chi connectivity index (χ1) is 12.6. The van der Waals surface area contributed by atoms with Crippen LogP contribution in [-0.2, 0) is 11.3 Å². The molecule has 0 unspecified atom stereocenters. The van der Waals surface area contributed by atoms with Gasteiger partial charge in [0.15, 0.2) is 0 Å². The fourth-order valence-electron chi connectivity index (χ4n) is 3.17. The summed E-state index contributed by atoms with van der Waals surface area (Å²) in [5, 5.41) is 6.17. The van der Waals surface area contributed by atoms with E-state index in [1.54, 1.807) is 36.8 Å². The van der Waals surface area contributed by atoms with Crippen LogP contribution in [0.2, 0.25) is 0 Å². The Kier molecular flexibility index (Phi) is 6.01. The molecule has 7 heteroatoms. The number of imidazole rings is 1. The number of hydrogen-bond donors (Lipinski definition) is 2. The standard InChI is InChI=1S/C19H25N5O2/c1-23(17-5-8-20-9-6-17)19(26)15-3-2-4-16(13-15)22-18(25)7-11-24-12-10-21-14-24/h2-4,10,12-14,17,20H,5-9,11H2,1H3,(H,22,25). The van der Waals surface area contributed by atoms with Gasteiger partial charge in [-0.3, -0.25) is 9.59 Å². The topological polar surface area (TPSA) is 79.3 Å². The van der Waals surface area contributed by atoms with Crippen LogP contribution < -0.4 is 10.6 Å². The van der Waals surface area contributed by atoms with E-state index in [1.807, 2.05) is 22.7 Å². The molecule has 2 heterocycles. The fraction of sp³-hybridized carbons (Fsp3) is 0.421. The van der Waals surface area contributed by atoms with Gasteiger partial charge in [0.1, 0.15) is 0 Å². The van der Waals surface area contributed by atoms with Crippen molar-refractivity contribution < 1.29 is 9.59 Å². The van der Waals surface area contributed by atoms with Crippen molar-refractivity contribution in [2.45, 2.75) is 31.8 Å². The lowest BCUT2D eigenvalue weighted by Gasteiger charge is -2.31. The second-order valence-electron chi connectivity index (χ2n) is 6.58. The Morgan fingerprint density at radius 2 is 2.15 bits per heavy atom. The zero-order chi connectivity index (χ0) is 18.4. The number of hydrogen-bond acceptors (Lipinski definition) is 4. The Morgan fingerprint density at radius 1 is 1.35 bits per heavy atom. The Morgan fingerprint density at radius 3 is 2.88 bits per heavy atom. The van der Waals surface area contributed by atoms with Crippen LogP contribution in [-0.4, -0.2) is 52.4 Å². The summed E-state index contributed by atoms with van der Waals surface area (Å²) in [7, 11) is 1.86. The van der Waals surface area contributed by atoms with Gasteiger partial charge in [-0.1, -0.05) is 6.07 Å². The maximum atomic E-state index is 12.7. The van der Waals surface area contributed by atoms with Crippen molar-refractivity contribution >= 4 is 17.5 Å². The molecule has 3 rings (SSSR count). The number of rotatable bonds is 6. The van der Waals surface area contributed by atoms with Crippen LogP contribution in [0.15, 0.2) is 43.0 Å². The van der Waals surface area contributed by atoms with E-state index in [0.717, 1.165) is 25.9 Å². The molecule has 138 valence electrons. The second kappa shape index (κ2) is 8.62. The highest BCUT2D eigenvalue weighted by atomic mass is 16.2. The number of nitrogens with one attached hydrogen (secondary N) is 2. The molecule has 26 heavy (non-hydrogen) atoms. The van der Waals surface area contributed by atoms with Crippen molar-refractivity contribution in [2.24, 2.45) is 0 Å². The van der Waals surface area contributed by atoms with E-state index in [-0.39, 0.29) is 17.9 Å². The smallest absolute Gasteiger partial charge is 0.253 e. The van der Waals surface area contributed by atoms with E-state index in [1.165, 1.54) is 0 Å². The highest BCUT2D eigenvalue weighted by molar-refractivity contribution is 5.97. The minimum Gasteiger partial charge on any atom is -0.339 e. The fourth-order valence-corrected chi connectivity index (χ4v) is 3.17. The van der Waals surface area contributed by atoms with Gasteiger partial charge in [0, 0.05) is 49.7 Å². The molecule has 0 spiro atoms. The minimum atomic E-state index is -0.0880. The third kappa shape index (κ3) is 4.70. The second-order valence-corrected chi connectivity index (χ2v) is 6.58. The highest BCUT2D eigenvalue weighted by Gasteiger charge is 2.23. The van der Waals surface area contributed by atoms with Crippen LogP contribution in [0.4, 0.5) is 5.69 Å². The molecular formula is C19H25N5O2. The molecular weight excluding hydrogens is 330 g/mol. The number of amides is 2. The molecule has 7 nitrogen and oxygen atoms in total. The van der Waals surface area contributed by atoms with Gasteiger partial charge >= 0.3 is 0 Å². The SMILES string of the molecule is CN(C(=O)c1cccc(NC(=O)CCn2ccnc2)c1)C1CCNCC1. The van der Waals surface area contributed by atoms with Crippen molar-refractivity contribution in [3.05, 3.63) is 48.5 Å². The van der Waals surface area contributed by atoms with Gasteiger partial charge < -0.3 is 20.1 Å². The van der Waals surface area contributed by atoms with Gasteiger partial charge in [0.25, 0.3) is 5.91 Å². The monoisotopic (exact) mass is 355 g/mol. The molecule has 2 N–H and O–H groups in total. The molecule has 2 amide bonds. The third-order valence-corrected chi connectivity index (χ3v) is 4.73. The molecule has 0 atom stereocenters. The molecule has 2 aromatic rings. The van der Waals surface area contributed by atoms with Crippen molar-refractivity contribution in [3.8, 4) is 0 Å². The molecule has 0 radical (unpaired) electrons. The van der Waals surface area contributed by atoms with Gasteiger partial charge in [0.05, 0.1) is 6.33 Å². The van der Waals surface area contributed by atoms with Crippen molar-refractivity contribution in [1.29, 1.82) is 0 Å². The number of carbonyl (C=O) groups is 2. The van der Waals surface area contributed by atoms with Gasteiger partial charge in [-0.2, -0.15) is 0 Å². The van der Waals surface area contributed by atoms with Crippen LogP contribution in [0.1, 0.15) is 29.6 Å². The van der Waals surface area contributed by atoms with E-state index in [2.05, 4.69) is 15.6 Å². The summed E-state index contributed by atoms with van der Waals surface area (Å²) < 4.78 is 1.85. The first kappa shape index (κ1) is 18.1. The Balaban J connectivity index is 1.58. The average Bonchev–Trinajstić information content (AvgIpc) is 3.20. The quantitative estimate of drug-likeness (QED) is 0.827. The lowest BCUT2D eigenvalue weighted by Crippen LogP contribution is -2.43. The summed E-state index contributed by atoms with van der Waals surface area (Å²) in [5.74, 6) is -0.0959. The van der Waals surface area contributed by atoms with E-state index < -0.39 is 0 Å². The van der Waals surface area contributed by atoms with Gasteiger partial charge in [-0.25, -0.2) is 4.98 Å². The largest absolute Gasteiger partial charge is 0.339 e. The zero-order valence-electron chi connectivity index (χ0n) is 15.0. The summed E-state index contributed by atoms with van der Waals surface area (Å²) in [5.41, 5.74) is 1.24. The Labute approximate surface area is 153 Å². The summed E-state index contributed by atoms with van der Waals surface area (Å²) in [6.45, 7) is 2.45. The first-order valence-corrected chi connectivity index (χ1v) is 8.97. The minimum absolute atomic E-state index is 0.00795. The highest BCUT2D eigenvalue weighted by Crippen LogP contribution is 2.17. The number of anilines is 1. The maximum Gasteiger partial charge on any atom is 0.253 e. The normalized spacial score (nSPS) is 14.8. The average molecular weight is 355 g/mol. The summed E-state index contributed by atoms with van der Waals surface area (Å²) in [4.78, 5) is 30.6. The molecule has 0 bridgehead atoms. The van der Waals surface area contributed by atoms with Crippen LogP contribution >= 0.6 is 0 Å². The predicted molar refractivity (Wildman–Crippen MR) is 99.9 cm³/mol. The number of aryl methyl sites for hydroxylation is 1. The van der Waals surface area contributed by atoms with Crippen LogP contribution in [0.3, 0.4) is 0 Å². The Hall–Kier alpha value is -2.67. The van der Waals surface area contributed by atoms with Crippen molar-refractivity contribution in [1.82, 2.24) is 19.8 Å². The van der Waals surface area contributed by atoms with Crippen molar-refractivity contribution in [2.75, 3.05) is 25.5 Å². The Bertz CT molecular complexity index is 738. The van der Waals surface area contributed by atoms with Crippen molar-refractivity contribution in [3.63, 3.8) is 0 Å². The van der Waals surface area contributed by atoms with Crippen LogP contribution in [0.25, 0.3) is 0 Å². The van der Waals surface area contributed by atoms with Crippen LogP contribution in [0, 0.1) is 0 Å². The number of nitrogens with zero attached hydrogens (tertiary/aromatic N) is 3. The molecule has 1 aromatic carbocycles. The summed E-state index contributed by atoms with van der Waals surface area (Å²) in [6, 6.07) is 7.40. The van der Waals surface area contributed by atoms with Crippen LogP contribution in [0.5, 0.6) is 0 Å². The summed E-state index contributed by atoms with van der Waals surface area (Å²) >= 11 is 0. The molecule has 0 aliphatic carbocycles. The third-order valence-electron chi connectivity index (χ3n) is 4.73. The number of benzene rings is 1. The molecule has 1 aliphatic rings. The number of aromatic nitrogens is 2. The molecule has 1 fully saturated rings. The maximum absolute atomic E-state index is 12.7. The van der Waals surface area contributed by atoms with E-state index in [4.69, 9.17) is 0 Å².